The third kappa shape index (κ3) is 1.99. The van der Waals surface area contributed by atoms with Gasteiger partial charge in [0.2, 0.25) is 5.88 Å². The fourth-order valence-corrected chi connectivity index (χ4v) is 2.15. The average Bonchev–Trinajstić information content (AvgIpc) is 2.94. The van der Waals surface area contributed by atoms with Gasteiger partial charge < -0.3 is 14.2 Å². The van der Waals surface area contributed by atoms with E-state index in [0.29, 0.717) is 34.1 Å². The van der Waals surface area contributed by atoms with E-state index in [2.05, 4.69) is 20.1 Å². The van der Waals surface area contributed by atoms with Gasteiger partial charge in [0.05, 0.1) is 19.3 Å². The van der Waals surface area contributed by atoms with Crippen molar-refractivity contribution in [1.82, 2.24) is 24.7 Å². The SMILES string of the molecule is COc1ncnc2c1[nH]c(=S)n2Cc1cc(C)no1. The molecule has 3 heterocycles. The number of methoxy groups -OCH3 is 1. The first kappa shape index (κ1) is 11.8. The van der Waals surface area contributed by atoms with Crippen LogP contribution < -0.4 is 4.74 Å². The molecule has 0 radical (unpaired) electrons. The molecule has 0 spiro atoms. The van der Waals surface area contributed by atoms with Crippen molar-refractivity contribution in [3.05, 3.63) is 28.6 Å². The van der Waals surface area contributed by atoms with Crippen molar-refractivity contribution in [3.8, 4) is 5.88 Å². The summed E-state index contributed by atoms with van der Waals surface area (Å²) in [7, 11) is 1.55. The first-order valence-corrected chi connectivity index (χ1v) is 5.99. The van der Waals surface area contributed by atoms with Gasteiger partial charge in [-0.1, -0.05) is 5.16 Å². The summed E-state index contributed by atoms with van der Waals surface area (Å²) >= 11 is 5.29. The lowest BCUT2D eigenvalue weighted by Crippen LogP contribution is -2.00. The van der Waals surface area contributed by atoms with Crippen molar-refractivity contribution in [2.45, 2.75) is 13.5 Å². The van der Waals surface area contributed by atoms with Crippen LogP contribution >= 0.6 is 12.2 Å². The molecule has 0 atom stereocenters. The van der Waals surface area contributed by atoms with Gasteiger partial charge in [-0.25, -0.2) is 4.98 Å². The molecule has 1 N–H and O–H groups in total. The van der Waals surface area contributed by atoms with Gasteiger partial charge in [0.1, 0.15) is 11.8 Å². The number of hydrogen-bond acceptors (Lipinski definition) is 6. The molecule has 0 saturated carbocycles. The van der Waals surface area contributed by atoms with Crippen LogP contribution in [0.1, 0.15) is 11.5 Å². The van der Waals surface area contributed by atoms with E-state index < -0.39 is 0 Å². The molecule has 3 aromatic heterocycles. The van der Waals surface area contributed by atoms with E-state index in [-0.39, 0.29) is 0 Å². The number of aryl methyl sites for hydroxylation is 1. The molecule has 3 rings (SSSR count). The van der Waals surface area contributed by atoms with Gasteiger partial charge in [0, 0.05) is 6.07 Å². The molecule has 7 nitrogen and oxygen atoms in total. The maximum Gasteiger partial charge on any atom is 0.242 e. The highest BCUT2D eigenvalue weighted by atomic mass is 32.1. The highest BCUT2D eigenvalue weighted by molar-refractivity contribution is 7.71. The van der Waals surface area contributed by atoms with Crippen LogP contribution in [0.4, 0.5) is 0 Å². The summed E-state index contributed by atoms with van der Waals surface area (Å²) in [6.07, 6.45) is 1.44. The van der Waals surface area contributed by atoms with E-state index in [0.717, 1.165) is 5.69 Å². The number of ether oxygens (including phenoxy) is 1. The number of hydrogen-bond donors (Lipinski definition) is 1. The number of aromatic nitrogens is 5. The lowest BCUT2D eigenvalue weighted by atomic mass is 10.4. The van der Waals surface area contributed by atoms with E-state index in [1.165, 1.54) is 6.33 Å². The number of H-pyrrole nitrogens is 1. The van der Waals surface area contributed by atoms with Crippen molar-refractivity contribution in [2.24, 2.45) is 0 Å². The van der Waals surface area contributed by atoms with Gasteiger partial charge in [-0.05, 0) is 19.1 Å². The average molecular weight is 277 g/mol. The quantitative estimate of drug-likeness (QED) is 0.736. The smallest absolute Gasteiger partial charge is 0.242 e. The van der Waals surface area contributed by atoms with E-state index in [4.69, 9.17) is 21.5 Å². The van der Waals surface area contributed by atoms with Crippen molar-refractivity contribution >= 4 is 23.4 Å². The molecule has 0 bridgehead atoms. The Bertz CT molecular complexity index is 788. The summed E-state index contributed by atoms with van der Waals surface area (Å²) in [5.41, 5.74) is 2.17. The Labute approximate surface area is 113 Å². The third-order valence-electron chi connectivity index (χ3n) is 2.71. The Kier molecular flexibility index (Phi) is 2.79. The lowest BCUT2D eigenvalue weighted by molar-refractivity contribution is 0.373. The predicted molar refractivity (Wildman–Crippen MR) is 69.6 cm³/mol. The van der Waals surface area contributed by atoms with Crippen molar-refractivity contribution in [3.63, 3.8) is 0 Å². The second kappa shape index (κ2) is 4.47. The molecule has 19 heavy (non-hydrogen) atoms. The van der Waals surface area contributed by atoms with Crippen LogP contribution in [-0.2, 0) is 6.54 Å². The molecule has 0 saturated heterocycles. The minimum atomic E-state index is 0.458. The predicted octanol–water partition coefficient (Wildman–Crippen LogP) is 1.84. The topological polar surface area (TPSA) is 81.8 Å². The molecule has 0 aliphatic carbocycles. The van der Waals surface area contributed by atoms with Gasteiger partial charge in [0.15, 0.2) is 16.2 Å². The molecule has 0 aromatic carbocycles. The number of fused-ring (bicyclic) bond motifs is 1. The normalized spacial score (nSPS) is 11.1. The van der Waals surface area contributed by atoms with E-state index >= 15 is 0 Å². The summed E-state index contributed by atoms with van der Waals surface area (Å²) in [6.45, 7) is 2.33. The van der Waals surface area contributed by atoms with Gasteiger partial charge in [-0.15, -0.1) is 0 Å². The Balaban J connectivity index is 2.13. The standard InChI is InChI=1S/C11H11N5O2S/c1-6-3-7(18-15-6)4-16-9-8(14-11(16)19)10(17-2)13-5-12-9/h3,5H,4H2,1-2H3,(H,14,19). The van der Waals surface area contributed by atoms with Crippen LogP contribution in [-0.4, -0.2) is 31.8 Å². The highest BCUT2D eigenvalue weighted by Crippen LogP contribution is 2.20. The molecule has 98 valence electrons. The monoisotopic (exact) mass is 277 g/mol. The Hall–Kier alpha value is -2.22. The van der Waals surface area contributed by atoms with Crippen LogP contribution in [0.15, 0.2) is 16.9 Å². The maximum atomic E-state index is 5.29. The molecular weight excluding hydrogens is 266 g/mol. The molecule has 0 aliphatic heterocycles. The Morgan fingerprint density at radius 3 is 3.00 bits per heavy atom. The zero-order chi connectivity index (χ0) is 13.4. The largest absolute Gasteiger partial charge is 0.479 e. The second-order valence-electron chi connectivity index (χ2n) is 4.03. The van der Waals surface area contributed by atoms with E-state index in [9.17, 15) is 0 Å². The summed E-state index contributed by atoms with van der Waals surface area (Å²) in [5, 5.41) is 3.85. The zero-order valence-corrected chi connectivity index (χ0v) is 11.2. The molecule has 0 unspecified atom stereocenters. The number of rotatable bonds is 3. The fraction of sp³-hybridized carbons (Fsp3) is 0.273. The van der Waals surface area contributed by atoms with E-state index in [1.807, 2.05) is 17.6 Å². The summed E-state index contributed by atoms with van der Waals surface area (Å²) in [6, 6.07) is 1.86. The van der Waals surface area contributed by atoms with Crippen LogP contribution in [0.25, 0.3) is 11.2 Å². The number of imidazole rings is 1. The van der Waals surface area contributed by atoms with Crippen molar-refractivity contribution < 1.29 is 9.26 Å². The highest BCUT2D eigenvalue weighted by Gasteiger charge is 2.13. The van der Waals surface area contributed by atoms with Crippen LogP contribution in [0.2, 0.25) is 0 Å². The fourth-order valence-electron chi connectivity index (χ4n) is 1.89. The number of nitrogens with one attached hydrogen (secondary N) is 1. The molecule has 0 fully saturated rings. The summed E-state index contributed by atoms with van der Waals surface area (Å²) in [5.74, 6) is 1.18. The van der Waals surface area contributed by atoms with Gasteiger partial charge in [0.25, 0.3) is 0 Å². The van der Waals surface area contributed by atoms with Crippen molar-refractivity contribution in [1.29, 1.82) is 0 Å². The summed E-state index contributed by atoms with van der Waals surface area (Å²) < 4.78 is 12.7. The first-order chi connectivity index (χ1) is 9.19. The molecular formula is C11H11N5O2S. The molecule has 3 aromatic rings. The molecule has 0 aliphatic rings. The number of aromatic amines is 1. The van der Waals surface area contributed by atoms with Crippen molar-refractivity contribution in [2.75, 3.05) is 7.11 Å². The lowest BCUT2D eigenvalue weighted by Gasteiger charge is -2.01. The summed E-state index contributed by atoms with van der Waals surface area (Å²) in [4.78, 5) is 11.3. The number of nitrogens with zero attached hydrogens (tertiary/aromatic N) is 4. The molecule has 0 amide bonds. The first-order valence-electron chi connectivity index (χ1n) is 5.58. The zero-order valence-electron chi connectivity index (χ0n) is 10.4. The third-order valence-corrected chi connectivity index (χ3v) is 3.03. The van der Waals surface area contributed by atoms with Gasteiger partial charge >= 0.3 is 0 Å². The van der Waals surface area contributed by atoms with Crippen LogP contribution in [0.3, 0.4) is 0 Å². The van der Waals surface area contributed by atoms with E-state index in [1.54, 1.807) is 7.11 Å². The minimum absolute atomic E-state index is 0.458. The Morgan fingerprint density at radius 2 is 2.32 bits per heavy atom. The van der Waals surface area contributed by atoms with Gasteiger partial charge in [-0.2, -0.15) is 4.98 Å². The second-order valence-corrected chi connectivity index (χ2v) is 4.42. The maximum absolute atomic E-state index is 5.29. The molecule has 8 heteroatoms. The van der Waals surface area contributed by atoms with Crippen LogP contribution in [0.5, 0.6) is 5.88 Å². The Morgan fingerprint density at radius 1 is 1.47 bits per heavy atom. The van der Waals surface area contributed by atoms with Crippen LogP contribution in [0, 0.1) is 11.7 Å². The van der Waals surface area contributed by atoms with Gasteiger partial charge in [-0.3, -0.25) is 4.57 Å². The minimum Gasteiger partial charge on any atom is -0.479 e.